The summed E-state index contributed by atoms with van der Waals surface area (Å²) < 4.78 is 10.2. The first kappa shape index (κ1) is 14.1. The van der Waals surface area contributed by atoms with Crippen LogP contribution in [0.15, 0.2) is 48.5 Å². The molecule has 2 rings (SSSR count). The van der Waals surface area contributed by atoms with Gasteiger partial charge in [0.05, 0.1) is 14.2 Å². The van der Waals surface area contributed by atoms with Crippen LogP contribution in [0.2, 0.25) is 0 Å². The quantitative estimate of drug-likeness (QED) is 0.809. The van der Waals surface area contributed by atoms with E-state index in [1.165, 1.54) is 0 Å². The van der Waals surface area contributed by atoms with Gasteiger partial charge in [-0.3, -0.25) is 4.79 Å². The lowest BCUT2D eigenvalue weighted by molar-refractivity contribution is -0.117. The topological polar surface area (TPSA) is 35.5 Å². The molecule has 0 spiro atoms. The second-order valence-electron chi connectivity index (χ2n) is 4.59. The van der Waals surface area contributed by atoms with Gasteiger partial charge in [0.25, 0.3) is 0 Å². The number of rotatable bonds is 6. The van der Waals surface area contributed by atoms with Crippen molar-refractivity contribution < 1.29 is 14.3 Å². The minimum Gasteiger partial charge on any atom is -0.497 e. The molecular weight excluding hydrogens is 252 g/mol. The second-order valence-corrected chi connectivity index (χ2v) is 4.59. The van der Waals surface area contributed by atoms with Crippen molar-refractivity contribution in [2.45, 2.75) is 12.8 Å². The Bertz CT molecular complexity index is 504. The van der Waals surface area contributed by atoms with Crippen LogP contribution in [0.25, 0.3) is 0 Å². The summed E-state index contributed by atoms with van der Waals surface area (Å²) in [4.78, 5) is 12.0. The molecular formula is C17H18O3. The molecule has 0 fully saturated rings. The number of ketones is 1. The molecule has 3 nitrogen and oxygen atoms in total. The van der Waals surface area contributed by atoms with Crippen LogP contribution in [-0.2, 0) is 17.6 Å². The summed E-state index contributed by atoms with van der Waals surface area (Å²) in [6, 6.07) is 15.2. The van der Waals surface area contributed by atoms with Gasteiger partial charge in [-0.25, -0.2) is 0 Å². The molecule has 0 amide bonds. The highest BCUT2D eigenvalue weighted by Crippen LogP contribution is 2.14. The average molecular weight is 270 g/mol. The van der Waals surface area contributed by atoms with E-state index in [0.717, 1.165) is 22.6 Å². The van der Waals surface area contributed by atoms with E-state index in [0.29, 0.717) is 12.8 Å². The lowest BCUT2D eigenvalue weighted by Crippen LogP contribution is -2.06. The van der Waals surface area contributed by atoms with Crippen LogP contribution in [0.1, 0.15) is 11.1 Å². The summed E-state index contributed by atoms with van der Waals surface area (Å²) >= 11 is 0. The number of benzene rings is 2. The third kappa shape index (κ3) is 3.85. The number of Topliss-reactive ketones (excluding diaryl/α,β-unsaturated/α-hetero) is 1. The maximum Gasteiger partial charge on any atom is 0.141 e. The fraction of sp³-hybridized carbons (Fsp3) is 0.235. The van der Waals surface area contributed by atoms with Crippen molar-refractivity contribution in [1.29, 1.82) is 0 Å². The van der Waals surface area contributed by atoms with Gasteiger partial charge in [-0.15, -0.1) is 0 Å². The largest absolute Gasteiger partial charge is 0.497 e. The lowest BCUT2D eigenvalue weighted by Gasteiger charge is -2.05. The first-order valence-electron chi connectivity index (χ1n) is 6.49. The highest BCUT2D eigenvalue weighted by atomic mass is 16.5. The fourth-order valence-electron chi connectivity index (χ4n) is 2.00. The standard InChI is InChI=1S/C17H18O3/c1-19-16-7-3-13(4-8-16)11-15(18)12-14-5-9-17(20-2)10-6-14/h3-10H,11-12H2,1-2H3. The molecule has 0 saturated carbocycles. The Morgan fingerprint density at radius 1 is 0.750 bits per heavy atom. The summed E-state index contributed by atoms with van der Waals surface area (Å²) in [6.45, 7) is 0. The normalized spacial score (nSPS) is 10.1. The van der Waals surface area contributed by atoms with E-state index in [2.05, 4.69) is 0 Å². The summed E-state index contributed by atoms with van der Waals surface area (Å²) in [5.41, 5.74) is 2.01. The maximum atomic E-state index is 12.0. The van der Waals surface area contributed by atoms with Gasteiger partial charge in [0.15, 0.2) is 0 Å². The van der Waals surface area contributed by atoms with Gasteiger partial charge in [-0.2, -0.15) is 0 Å². The number of hydrogen-bond donors (Lipinski definition) is 0. The Kier molecular flexibility index (Phi) is 4.77. The summed E-state index contributed by atoms with van der Waals surface area (Å²) in [6.07, 6.45) is 0.881. The number of hydrogen-bond acceptors (Lipinski definition) is 3. The van der Waals surface area contributed by atoms with Crippen LogP contribution in [0.3, 0.4) is 0 Å². The lowest BCUT2D eigenvalue weighted by atomic mass is 10.0. The number of carbonyl (C=O) groups excluding carboxylic acids is 1. The molecule has 0 N–H and O–H groups in total. The van der Waals surface area contributed by atoms with Crippen LogP contribution >= 0.6 is 0 Å². The van der Waals surface area contributed by atoms with E-state index in [4.69, 9.17) is 9.47 Å². The molecule has 2 aromatic rings. The van der Waals surface area contributed by atoms with Crippen LogP contribution in [-0.4, -0.2) is 20.0 Å². The van der Waals surface area contributed by atoms with Crippen molar-refractivity contribution in [3.8, 4) is 11.5 Å². The van der Waals surface area contributed by atoms with Crippen molar-refractivity contribution >= 4 is 5.78 Å². The van der Waals surface area contributed by atoms with Gasteiger partial charge < -0.3 is 9.47 Å². The maximum absolute atomic E-state index is 12.0. The molecule has 20 heavy (non-hydrogen) atoms. The molecule has 104 valence electrons. The number of carbonyl (C=O) groups is 1. The van der Waals surface area contributed by atoms with E-state index in [-0.39, 0.29) is 5.78 Å². The van der Waals surface area contributed by atoms with E-state index in [1.54, 1.807) is 14.2 Å². The molecule has 0 unspecified atom stereocenters. The van der Waals surface area contributed by atoms with Gasteiger partial charge in [0, 0.05) is 12.8 Å². The number of ether oxygens (including phenoxy) is 2. The monoisotopic (exact) mass is 270 g/mol. The van der Waals surface area contributed by atoms with Crippen LogP contribution in [0.5, 0.6) is 11.5 Å². The summed E-state index contributed by atoms with van der Waals surface area (Å²) in [5, 5.41) is 0. The first-order chi connectivity index (χ1) is 9.71. The zero-order valence-corrected chi connectivity index (χ0v) is 11.8. The Balaban J connectivity index is 1.93. The van der Waals surface area contributed by atoms with Crippen LogP contribution < -0.4 is 9.47 Å². The third-order valence-electron chi connectivity index (χ3n) is 3.12. The van der Waals surface area contributed by atoms with E-state index >= 15 is 0 Å². The Hall–Kier alpha value is -2.29. The van der Waals surface area contributed by atoms with Gasteiger partial charge in [-0.1, -0.05) is 24.3 Å². The fourth-order valence-corrected chi connectivity index (χ4v) is 2.00. The van der Waals surface area contributed by atoms with Gasteiger partial charge in [0.1, 0.15) is 17.3 Å². The SMILES string of the molecule is COc1ccc(CC(=O)Cc2ccc(OC)cc2)cc1. The number of methoxy groups -OCH3 is 2. The predicted molar refractivity (Wildman–Crippen MR) is 78.4 cm³/mol. The van der Waals surface area contributed by atoms with Gasteiger partial charge in [0.2, 0.25) is 0 Å². The molecule has 0 aliphatic rings. The summed E-state index contributed by atoms with van der Waals surface area (Å²) in [5.74, 6) is 1.80. The molecule has 0 radical (unpaired) electrons. The third-order valence-corrected chi connectivity index (χ3v) is 3.12. The first-order valence-corrected chi connectivity index (χ1v) is 6.49. The smallest absolute Gasteiger partial charge is 0.141 e. The van der Waals surface area contributed by atoms with Crippen molar-refractivity contribution in [1.82, 2.24) is 0 Å². The molecule has 0 atom stereocenters. The molecule has 0 bridgehead atoms. The summed E-state index contributed by atoms with van der Waals surface area (Å²) in [7, 11) is 3.26. The van der Waals surface area contributed by atoms with Crippen molar-refractivity contribution in [2.24, 2.45) is 0 Å². The molecule has 0 aliphatic carbocycles. The molecule has 2 aromatic carbocycles. The van der Waals surface area contributed by atoms with Gasteiger partial charge in [-0.05, 0) is 35.4 Å². The zero-order valence-electron chi connectivity index (χ0n) is 11.8. The van der Waals surface area contributed by atoms with Crippen LogP contribution in [0, 0.1) is 0 Å². The minimum atomic E-state index is 0.195. The molecule has 0 heterocycles. The molecule has 0 aromatic heterocycles. The van der Waals surface area contributed by atoms with Crippen molar-refractivity contribution in [2.75, 3.05) is 14.2 Å². The highest BCUT2D eigenvalue weighted by molar-refractivity contribution is 5.83. The Morgan fingerprint density at radius 3 is 1.40 bits per heavy atom. The Morgan fingerprint density at radius 2 is 1.10 bits per heavy atom. The molecule has 3 heteroatoms. The Labute approximate surface area is 119 Å². The van der Waals surface area contributed by atoms with E-state index in [9.17, 15) is 4.79 Å². The highest BCUT2D eigenvalue weighted by Gasteiger charge is 2.06. The molecule has 0 aliphatic heterocycles. The van der Waals surface area contributed by atoms with E-state index < -0.39 is 0 Å². The van der Waals surface area contributed by atoms with Crippen LogP contribution in [0.4, 0.5) is 0 Å². The predicted octanol–water partition coefficient (Wildman–Crippen LogP) is 3.06. The van der Waals surface area contributed by atoms with Gasteiger partial charge >= 0.3 is 0 Å². The molecule has 0 saturated heterocycles. The van der Waals surface area contributed by atoms with Crippen molar-refractivity contribution in [3.05, 3.63) is 59.7 Å². The van der Waals surface area contributed by atoms with E-state index in [1.807, 2.05) is 48.5 Å². The average Bonchev–Trinajstić information content (AvgIpc) is 2.49. The van der Waals surface area contributed by atoms with Crippen molar-refractivity contribution in [3.63, 3.8) is 0 Å². The zero-order chi connectivity index (χ0) is 14.4. The minimum absolute atomic E-state index is 0.195. The second kappa shape index (κ2) is 6.75.